The minimum Gasteiger partial charge on any atom is -0.355 e. The average Bonchev–Trinajstić information content (AvgIpc) is 2.94. The second-order valence-electron chi connectivity index (χ2n) is 5.94. The van der Waals surface area contributed by atoms with Crippen LogP contribution in [0, 0.1) is 17.2 Å². The summed E-state index contributed by atoms with van der Waals surface area (Å²) >= 11 is 0. The molecule has 0 aromatic carbocycles. The molecule has 0 bridgehead atoms. The van der Waals surface area contributed by atoms with Crippen molar-refractivity contribution in [2.75, 3.05) is 31.6 Å². The smallest absolute Gasteiger partial charge is 0.146 e. The first-order valence-corrected chi connectivity index (χ1v) is 7.64. The summed E-state index contributed by atoms with van der Waals surface area (Å²) in [5.74, 6) is 1.59. The number of anilines is 1. The summed E-state index contributed by atoms with van der Waals surface area (Å²) in [5, 5.41) is 12.7. The van der Waals surface area contributed by atoms with E-state index in [2.05, 4.69) is 22.4 Å². The minimum atomic E-state index is 0.671. The standard InChI is InChI=1S/C16H22N4/c1-18-10-12-6-7-20(11-12)16-14(9-17)8-13-4-2-3-5-15(13)19-16/h8,12,18H,2-7,10-11H2,1H3. The molecule has 2 aliphatic rings. The van der Waals surface area contributed by atoms with Crippen molar-refractivity contribution < 1.29 is 0 Å². The van der Waals surface area contributed by atoms with Crippen LogP contribution in [-0.4, -0.2) is 31.7 Å². The summed E-state index contributed by atoms with van der Waals surface area (Å²) in [6.07, 6.45) is 5.80. The Morgan fingerprint density at radius 3 is 3.10 bits per heavy atom. The highest BCUT2D eigenvalue weighted by Crippen LogP contribution is 2.29. The number of pyridine rings is 1. The van der Waals surface area contributed by atoms with E-state index in [0.29, 0.717) is 5.92 Å². The van der Waals surface area contributed by atoms with Gasteiger partial charge in [-0.25, -0.2) is 4.98 Å². The van der Waals surface area contributed by atoms with Crippen LogP contribution < -0.4 is 10.2 Å². The molecule has 1 aliphatic heterocycles. The minimum absolute atomic E-state index is 0.671. The van der Waals surface area contributed by atoms with E-state index >= 15 is 0 Å². The van der Waals surface area contributed by atoms with Gasteiger partial charge in [0.2, 0.25) is 0 Å². The van der Waals surface area contributed by atoms with Crippen LogP contribution in [0.15, 0.2) is 6.07 Å². The van der Waals surface area contributed by atoms with Crippen LogP contribution in [0.1, 0.15) is 36.1 Å². The third-order valence-electron chi connectivity index (χ3n) is 4.48. The summed E-state index contributed by atoms with van der Waals surface area (Å²) in [6, 6.07) is 4.44. The van der Waals surface area contributed by atoms with Gasteiger partial charge in [-0.05, 0) is 63.2 Å². The molecule has 1 fully saturated rings. The number of hydrogen-bond acceptors (Lipinski definition) is 4. The highest BCUT2D eigenvalue weighted by molar-refractivity contribution is 5.57. The Balaban J connectivity index is 1.87. The van der Waals surface area contributed by atoms with Gasteiger partial charge >= 0.3 is 0 Å². The van der Waals surface area contributed by atoms with Gasteiger partial charge in [0.1, 0.15) is 11.9 Å². The lowest BCUT2D eigenvalue weighted by Crippen LogP contribution is -2.26. The maximum atomic E-state index is 9.42. The van der Waals surface area contributed by atoms with Gasteiger partial charge in [0.15, 0.2) is 0 Å². The first-order valence-electron chi connectivity index (χ1n) is 7.64. The molecule has 20 heavy (non-hydrogen) atoms. The molecule has 1 N–H and O–H groups in total. The Bertz CT molecular complexity index is 532. The molecule has 3 rings (SSSR count). The average molecular weight is 270 g/mol. The third kappa shape index (κ3) is 2.51. The van der Waals surface area contributed by atoms with Gasteiger partial charge in [0.25, 0.3) is 0 Å². The number of nitrogens with zero attached hydrogens (tertiary/aromatic N) is 3. The number of nitrogens with one attached hydrogen (secondary N) is 1. The lowest BCUT2D eigenvalue weighted by atomic mass is 9.95. The molecule has 1 unspecified atom stereocenters. The number of hydrogen-bond donors (Lipinski definition) is 1. The molecule has 1 saturated heterocycles. The van der Waals surface area contributed by atoms with E-state index in [-0.39, 0.29) is 0 Å². The zero-order valence-corrected chi connectivity index (χ0v) is 12.2. The van der Waals surface area contributed by atoms with E-state index in [0.717, 1.165) is 43.9 Å². The molecule has 1 aliphatic carbocycles. The van der Waals surface area contributed by atoms with Crippen LogP contribution in [0.5, 0.6) is 0 Å². The molecule has 0 spiro atoms. The van der Waals surface area contributed by atoms with Crippen LogP contribution in [0.4, 0.5) is 5.82 Å². The maximum absolute atomic E-state index is 9.42. The van der Waals surface area contributed by atoms with Gasteiger partial charge in [-0.2, -0.15) is 5.26 Å². The number of aryl methyl sites for hydroxylation is 2. The fraction of sp³-hybridized carbons (Fsp3) is 0.625. The van der Waals surface area contributed by atoms with Gasteiger partial charge in [0, 0.05) is 18.8 Å². The Labute approximate surface area is 120 Å². The van der Waals surface area contributed by atoms with Gasteiger partial charge in [-0.1, -0.05) is 0 Å². The highest BCUT2D eigenvalue weighted by Gasteiger charge is 2.26. The Morgan fingerprint density at radius 1 is 1.45 bits per heavy atom. The predicted octanol–water partition coefficient (Wildman–Crippen LogP) is 1.88. The highest BCUT2D eigenvalue weighted by atomic mass is 15.2. The maximum Gasteiger partial charge on any atom is 0.146 e. The largest absolute Gasteiger partial charge is 0.355 e. The zero-order chi connectivity index (χ0) is 13.9. The van der Waals surface area contributed by atoms with Crippen molar-refractivity contribution in [3.8, 4) is 6.07 Å². The fourth-order valence-corrected chi connectivity index (χ4v) is 3.43. The van der Waals surface area contributed by atoms with Gasteiger partial charge < -0.3 is 10.2 Å². The first-order chi connectivity index (χ1) is 9.81. The molecular formula is C16H22N4. The van der Waals surface area contributed by atoms with Crippen LogP contribution in [-0.2, 0) is 12.8 Å². The molecule has 1 atom stereocenters. The Morgan fingerprint density at radius 2 is 2.30 bits per heavy atom. The molecule has 106 valence electrons. The van der Waals surface area contributed by atoms with Crippen molar-refractivity contribution in [2.45, 2.75) is 32.1 Å². The van der Waals surface area contributed by atoms with E-state index in [1.54, 1.807) is 0 Å². The van der Waals surface area contributed by atoms with Crippen LogP contribution in [0.2, 0.25) is 0 Å². The molecule has 0 amide bonds. The summed E-state index contributed by atoms with van der Waals surface area (Å²) in [4.78, 5) is 7.14. The van der Waals surface area contributed by atoms with Crippen LogP contribution in [0.3, 0.4) is 0 Å². The number of aromatic nitrogens is 1. The van der Waals surface area contributed by atoms with E-state index in [9.17, 15) is 5.26 Å². The quantitative estimate of drug-likeness (QED) is 0.911. The summed E-state index contributed by atoms with van der Waals surface area (Å²) in [5.41, 5.74) is 3.28. The normalized spacial score (nSPS) is 21.6. The molecular weight excluding hydrogens is 248 g/mol. The van der Waals surface area contributed by atoms with Crippen LogP contribution >= 0.6 is 0 Å². The molecule has 4 nitrogen and oxygen atoms in total. The topological polar surface area (TPSA) is 52.0 Å². The number of nitriles is 1. The second kappa shape index (κ2) is 5.80. The fourth-order valence-electron chi connectivity index (χ4n) is 3.43. The first kappa shape index (κ1) is 13.4. The van der Waals surface area contributed by atoms with Crippen LogP contribution in [0.25, 0.3) is 0 Å². The van der Waals surface area contributed by atoms with Gasteiger partial charge in [-0.3, -0.25) is 0 Å². The van der Waals surface area contributed by atoms with Crippen molar-refractivity contribution in [3.05, 3.63) is 22.9 Å². The van der Waals surface area contributed by atoms with E-state index in [4.69, 9.17) is 4.98 Å². The zero-order valence-electron chi connectivity index (χ0n) is 12.2. The van der Waals surface area contributed by atoms with Crippen molar-refractivity contribution in [1.82, 2.24) is 10.3 Å². The monoisotopic (exact) mass is 270 g/mol. The van der Waals surface area contributed by atoms with E-state index in [1.165, 1.54) is 30.5 Å². The number of rotatable bonds is 3. The van der Waals surface area contributed by atoms with Crippen molar-refractivity contribution >= 4 is 5.82 Å². The van der Waals surface area contributed by atoms with E-state index < -0.39 is 0 Å². The Hall–Kier alpha value is -1.60. The SMILES string of the molecule is CNCC1CCN(c2nc3c(cc2C#N)CCCC3)C1. The van der Waals surface area contributed by atoms with Gasteiger partial charge in [0.05, 0.1) is 5.56 Å². The predicted molar refractivity (Wildman–Crippen MR) is 79.8 cm³/mol. The molecule has 0 radical (unpaired) electrons. The van der Waals surface area contributed by atoms with E-state index in [1.807, 2.05) is 7.05 Å². The molecule has 4 heteroatoms. The third-order valence-corrected chi connectivity index (χ3v) is 4.48. The van der Waals surface area contributed by atoms with Crippen molar-refractivity contribution in [2.24, 2.45) is 5.92 Å². The van der Waals surface area contributed by atoms with Crippen molar-refractivity contribution in [1.29, 1.82) is 5.26 Å². The summed E-state index contributed by atoms with van der Waals surface area (Å²) in [7, 11) is 2.00. The summed E-state index contributed by atoms with van der Waals surface area (Å²) in [6.45, 7) is 3.08. The second-order valence-corrected chi connectivity index (χ2v) is 5.94. The Kier molecular flexibility index (Phi) is 3.88. The van der Waals surface area contributed by atoms with Gasteiger partial charge in [-0.15, -0.1) is 0 Å². The molecule has 0 saturated carbocycles. The molecule has 1 aromatic heterocycles. The van der Waals surface area contributed by atoms with Crippen molar-refractivity contribution in [3.63, 3.8) is 0 Å². The molecule has 1 aromatic rings. The number of fused-ring (bicyclic) bond motifs is 1. The lowest BCUT2D eigenvalue weighted by Gasteiger charge is -2.23. The summed E-state index contributed by atoms with van der Waals surface area (Å²) < 4.78 is 0. The molecule has 2 heterocycles. The lowest BCUT2D eigenvalue weighted by molar-refractivity contribution is 0.548.